The number of anilines is 1. The van der Waals surface area contributed by atoms with Gasteiger partial charge in [0.1, 0.15) is 11.5 Å². The third-order valence-corrected chi connectivity index (χ3v) is 2.55. The molecular weight excluding hydrogens is 275 g/mol. The van der Waals surface area contributed by atoms with Gasteiger partial charge < -0.3 is 25.8 Å². The van der Waals surface area contributed by atoms with Crippen LogP contribution in [0.15, 0.2) is 4.79 Å². The summed E-state index contributed by atoms with van der Waals surface area (Å²) in [7, 11) is 1.46. The Morgan fingerprint density at radius 1 is 1.42 bits per heavy atom. The highest BCUT2D eigenvalue weighted by Gasteiger charge is 2.26. The third-order valence-electron chi connectivity index (χ3n) is 2.26. The Bertz CT molecular complexity index is 487. The van der Waals surface area contributed by atoms with E-state index in [4.69, 9.17) is 20.7 Å². The van der Waals surface area contributed by atoms with Gasteiger partial charge in [-0.25, -0.2) is 9.78 Å². The van der Waals surface area contributed by atoms with Crippen molar-refractivity contribution in [1.29, 1.82) is 0 Å². The van der Waals surface area contributed by atoms with Gasteiger partial charge in [0.2, 0.25) is 5.95 Å². The van der Waals surface area contributed by atoms with Gasteiger partial charge in [-0.3, -0.25) is 4.57 Å². The Morgan fingerprint density at radius 3 is 2.53 bits per heavy atom. The quantitative estimate of drug-likeness (QED) is 0.201. The number of rotatable bonds is 6. The molecule has 5 N–H and O–H groups in total. The summed E-state index contributed by atoms with van der Waals surface area (Å²) in [6, 6.07) is 0. The van der Waals surface area contributed by atoms with Crippen LogP contribution in [0.25, 0.3) is 0 Å². The molecular formula is C8H15BN4O5S. The summed E-state index contributed by atoms with van der Waals surface area (Å²) in [5.74, 6) is -0.208. The number of nitrogen functional groups attached to an aromatic ring is 1. The zero-order valence-electron chi connectivity index (χ0n) is 10.2. The minimum Gasteiger partial charge on any atom is -0.394 e. The standard InChI is InChI=1S/C8H15BN4O5S/c9-6-11-7(10)12-8(17)13(6)5(3(16)1-14)18-4(19)2-15/h3-5,14-16,19H,1-2,9H2,(H2,10,12,17)/t3-,4-,5?/m0/s1. The highest BCUT2D eigenvalue weighted by atomic mass is 32.1. The Kier molecular flexibility index (Phi) is 5.75. The van der Waals surface area contributed by atoms with E-state index in [1.807, 2.05) is 0 Å². The predicted molar refractivity (Wildman–Crippen MR) is 72.0 cm³/mol. The Labute approximate surface area is 114 Å². The van der Waals surface area contributed by atoms with Crippen molar-refractivity contribution in [3.63, 3.8) is 0 Å². The van der Waals surface area contributed by atoms with E-state index in [-0.39, 0.29) is 11.7 Å². The van der Waals surface area contributed by atoms with Crippen molar-refractivity contribution in [3.8, 4) is 0 Å². The largest absolute Gasteiger partial charge is 0.394 e. The van der Waals surface area contributed by atoms with E-state index in [1.54, 1.807) is 0 Å². The fourth-order valence-corrected chi connectivity index (χ4v) is 1.57. The average Bonchev–Trinajstić information content (AvgIpc) is 2.35. The molecule has 0 aliphatic heterocycles. The van der Waals surface area contributed by atoms with Crippen LogP contribution in [0.3, 0.4) is 0 Å². The Balaban J connectivity index is 3.21. The molecule has 0 radical (unpaired) electrons. The summed E-state index contributed by atoms with van der Waals surface area (Å²) in [6.45, 7) is -1.10. The van der Waals surface area contributed by atoms with Crippen LogP contribution < -0.4 is 17.1 Å². The second-order valence-electron chi connectivity index (χ2n) is 3.70. The van der Waals surface area contributed by atoms with E-state index in [0.29, 0.717) is 0 Å². The Morgan fingerprint density at radius 2 is 2.05 bits per heavy atom. The molecule has 106 valence electrons. The highest BCUT2D eigenvalue weighted by molar-refractivity contribution is 7.80. The minimum absolute atomic E-state index is 0.147. The molecule has 0 aliphatic carbocycles. The number of aliphatic hydroxyl groups excluding tert-OH is 3. The van der Waals surface area contributed by atoms with Crippen LogP contribution >= 0.6 is 12.6 Å². The topological polar surface area (TPSA) is 144 Å². The molecule has 0 saturated heterocycles. The monoisotopic (exact) mass is 290 g/mol. The number of hydrogen-bond acceptors (Lipinski definition) is 9. The number of nitrogens with two attached hydrogens (primary N) is 1. The molecule has 0 spiro atoms. The molecule has 19 heavy (non-hydrogen) atoms. The van der Waals surface area contributed by atoms with Gasteiger partial charge in [0.05, 0.1) is 18.9 Å². The maximum absolute atomic E-state index is 11.8. The van der Waals surface area contributed by atoms with Gasteiger partial charge in [-0.1, -0.05) is 0 Å². The predicted octanol–water partition coefficient (Wildman–Crippen LogP) is -4.40. The summed E-state index contributed by atoms with van der Waals surface area (Å²) in [5, 5.41) is 27.6. The third kappa shape index (κ3) is 3.91. The van der Waals surface area contributed by atoms with E-state index in [0.717, 1.165) is 4.57 Å². The van der Waals surface area contributed by atoms with E-state index in [9.17, 15) is 9.90 Å². The van der Waals surface area contributed by atoms with Gasteiger partial charge in [0.15, 0.2) is 14.1 Å². The molecule has 0 aromatic carbocycles. The lowest BCUT2D eigenvalue weighted by molar-refractivity contribution is -0.115. The first-order valence-electron chi connectivity index (χ1n) is 5.36. The average molecular weight is 290 g/mol. The van der Waals surface area contributed by atoms with Crippen LogP contribution in [-0.2, 0) is 4.74 Å². The number of aromatic nitrogens is 3. The molecule has 1 heterocycles. The minimum atomic E-state index is -1.41. The normalized spacial score (nSPS) is 16.0. The highest BCUT2D eigenvalue weighted by Crippen LogP contribution is 2.14. The molecule has 0 saturated carbocycles. The summed E-state index contributed by atoms with van der Waals surface area (Å²) in [6.07, 6.45) is -2.70. The molecule has 9 nitrogen and oxygen atoms in total. The molecule has 1 aromatic rings. The number of ether oxygens (including phenoxy) is 1. The lowest BCUT2D eigenvalue weighted by Gasteiger charge is -2.27. The summed E-state index contributed by atoms with van der Waals surface area (Å²) >= 11 is 3.90. The Hall–Kier alpha value is -1.14. The van der Waals surface area contributed by atoms with E-state index < -0.39 is 36.7 Å². The number of hydrogen-bond donors (Lipinski definition) is 5. The van der Waals surface area contributed by atoms with Crippen LogP contribution in [-0.4, -0.2) is 62.5 Å². The SMILES string of the molecule is Bc1nc(N)nc(=O)n1C(O[C@@H](S)CO)[C@@H](O)CO. The van der Waals surface area contributed by atoms with Crippen LogP contribution in [0.4, 0.5) is 5.95 Å². The molecule has 1 aromatic heterocycles. The van der Waals surface area contributed by atoms with Crippen molar-refractivity contribution in [2.75, 3.05) is 18.9 Å². The zero-order valence-corrected chi connectivity index (χ0v) is 11.1. The molecule has 0 aliphatic rings. The van der Waals surface area contributed by atoms with E-state index in [2.05, 4.69) is 22.6 Å². The maximum Gasteiger partial charge on any atom is 0.353 e. The van der Waals surface area contributed by atoms with E-state index >= 15 is 0 Å². The van der Waals surface area contributed by atoms with Crippen molar-refractivity contribution >= 4 is 32.1 Å². The van der Waals surface area contributed by atoms with Crippen LogP contribution in [0, 0.1) is 0 Å². The summed E-state index contributed by atoms with van der Waals surface area (Å²) in [5.41, 5.74) is 3.73. The number of nitrogens with zero attached hydrogens (tertiary/aromatic N) is 3. The van der Waals surface area contributed by atoms with Crippen molar-refractivity contribution in [2.45, 2.75) is 17.8 Å². The fourth-order valence-electron chi connectivity index (χ4n) is 1.45. The van der Waals surface area contributed by atoms with Gasteiger partial charge in [-0.05, 0) is 0 Å². The van der Waals surface area contributed by atoms with Crippen LogP contribution in [0.5, 0.6) is 0 Å². The second-order valence-corrected chi connectivity index (χ2v) is 4.27. The lowest BCUT2D eigenvalue weighted by atomic mass is 10.1. The van der Waals surface area contributed by atoms with Gasteiger partial charge in [0.25, 0.3) is 0 Å². The molecule has 11 heteroatoms. The first kappa shape index (κ1) is 15.9. The fraction of sp³-hybridized carbons (Fsp3) is 0.625. The van der Waals surface area contributed by atoms with Crippen molar-refractivity contribution in [3.05, 3.63) is 10.5 Å². The number of aliphatic hydroxyl groups is 3. The molecule has 0 fully saturated rings. The molecule has 1 unspecified atom stereocenters. The van der Waals surface area contributed by atoms with Crippen LogP contribution in [0.1, 0.15) is 6.23 Å². The van der Waals surface area contributed by atoms with Crippen LogP contribution in [0.2, 0.25) is 0 Å². The van der Waals surface area contributed by atoms with Crippen molar-refractivity contribution in [1.82, 2.24) is 14.5 Å². The number of thiol groups is 1. The van der Waals surface area contributed by atoms with Gasteiger partial charge in [-0.2, -0.15) is 4.98 Å². The zero-order chi connectivity index (χ0) is 14.6. The maximum atomic E-state index is 11.8. The van der Waals surface area contributed by atoms with Crippen molar-refractivity contribution < 1.29 is 20.1 Å². The smallest absolute Gasteiger partial charge is 0.353 e. The van der Waals surface area contributed by atoms with Gasteiger partial charge in [0, 0.05) is 0 Å². The molecule has 0 bridgehead atoms. The summed E-state index contributed by atoms with van der Waals surface area (Å²) in [4.78, 5) is 19.0. The second kappa shape index (κ2) is 6.87. The molecule has 1 rings (SSSR count). The lowest BCUT2D eigenvalue weighted by Crippen LogP contribution is -2.47. The summed E-state index contributed by atoms with van der Waals surface area (Å²) < 4.78 is 6.11. The molecule has 0 amide bonds. The first-order valence-corrected chi connectivity index (χ1v) is 5.88. The first-order chi connectivity index (χ1) is 8.90. The van der Waals surface area contributed by atoms with Gasteiger partial charge in [-0.15, -0.1) is 12.6 Å². The van der Waals surface area contributed by atoms with Gasteiger partial charge >= 0.3 is 5.69 Å². The van der Waals surface area contributed by atoms with E-state index in [1.165, 1.54) is 7.85 Å². The van der Waals surface area contributed by atoms with Crippen molar-refractivity contribution in [2.24, 2.45) is 0 Å². The molecule has 3 atom stereocenters.